The second-order valence-electron chi connectivity index (χ2n) is 11.7. The zero-order valence-corrected chi connectivity index (χ0v) is 29.1. The average Bonchev–Trinajstić information content (AvgIpc) is 3.62. The normalized spacial score (nSPS) is 10.5. The number of halogens is 1. The molecule has 0 spiro atoms. The number of methoxy groups -OCH3 is 2. The molecule has 4 aromatic carbocycles. The van der Waals surface area contributed by atoms with E-state index in [-0.39, 0.29) is 11.9 Å². The lowest BCUT2D eigenvalue weighted by Gasteiger charge is -2.21. The predicted molar refractivity (Wildman–Crippen MR) is 191 cm³/mol. The van der Waals surface area contributed by atoms with Crippen molar-refractivity contribution in [1.29, 1.82) is 0 Å². The van der Waals surface area contributed by atoms with E-state index in [0.29, 0.717) is 23.6 Å². The minimum Gasteiger partial charge on any atom is -0.465 e. The van der Waals surface area contributed by atoms with E-state index in [9.17, 15) is 9.59 Å². The molecule has 0 saturated carbocycles. The molecule has 0 fully saturated rings. The third-order valence-electron chi connectivity index (χ3n) is 7.73. The number of carbonyl (C=O) groups excluding carboxylic acids is 2. The summed E-state index contributed by atoms with van der Waals surface area (Å²) in [6, 6.07) is 28.2. The van der Waals surface area contributed by atoms with Gasteiger partial charge in [-0.15, -0.1) is 11.6 Å². The van der Waals surface area contributed by atoms with Crippen LogP contribution in [0.2, 0.25) is 0 Å². The molecule has 0 N–H and O–H groups in total. The molecule has 250 valence electrons. The van der Waals surface area contributed by atoms with Crippen molar-refractivity contribution in [2.24, 2.45) is 0 Å². The molecule has 0 amide bonds. The lowest BCUT2D eigenvalue weighted by Crippen LogP contribution is -2.18. The lowest BCUT2D eigenvalue weighted by atomic mass is 10.1. The van der Waals surface area contributed by atoms with Crippen molar-refractivity contribution in [2.75, 3.05) is 38.1 Å². The Kier molecular flexibility index (Phi) is 12.7. The van der Waals surface area contributed by atoms with Gasteiger partial charge in [-0.1, -0.05) is 59.7 Å². The summed E-state index contributed by atoms with van der Waals surface area (Å²) in [5.74, 6) is -0.344. The monoisotopic (exact) mass is 667 g/mol. The summed E-state index contributed by atoms with van der Waals surface area (Å²) >= 11 is 5.93. The van der Waals surface area contributed by atoms with Crippen LogP contribution in [0, 0.1) is 13.8 Å². The third-order valence-corrected chi connectivity index (χ3v) is 8.03. The molecule has 10 heteroatoms. The molecule has 0 bridgehead atoms. The van der Waals surface area contributed by atoms with Crippen LogP contribution in [-0.2, 0) is 35.0 Å². The van der Waals surface area contributed by atoms with Crippen molar-refractivity contribution < 1.29 is 19.1 Å². The Balaban J connectivity index is 0.000000220. The Bertz CT molecular complexity index is 1790. The van der Waals surface area contributed by atoms with Crippen molar-refractivity contribution in [3.8, 4) is 0 Å². The Morgan fingerprint density at radius 1 is 0.688 bits per heavy atom. The van der Waals surface area contributed by atoms with Crippen LogP contribution in [0.1, 0.15) is 54.1 Å². The van der Waals surface area contributed by atoms with E-state index in [2.05, 4.69) is 88.3 Å². The molecule has 1 heterocycles. The second-order valence-corrected chi connectivity index (χ2v) is 11.9. The first-order valence-corrected chi connectivity index (χ1v) is 16.0. The van der Waals surface area contributed by atoms with Gasteiger partial charge in [-0.3, -0.25) is 0 Å². The number of anilines is 2. The number of aromatic nitrogens is 3. The van der Waals surface area contributed by atoms with Crippen molar-refractivity contribution in [3.05, 3.63) is 142 Å². The molecule has 0 aliphatic rings. The van der Waals surface area contributed by atoms with Crippen LogP contribution in [0.3, 0.4) is 0 Å². The van der Waals surface area contributed by atoms with Crippen molar-refractivity contribution in [2.45, 2.75) is 39.4 Å². The Morgan fingerprint density at radius 2 is 1.15 bits per heavy atom. The van der Waals surface area contributed by atoms with E-state index in [1.54, 1.807) is 17.1 Å². The minimum absolute atomic E-state index is 0.350. The maximum absolute atomic E-state index is 12.1. The van der Waals surface area contributed by atoms with E-state index in [0.717, 1.165) is 35.6 Å². The smallest absolute Gasteiger partial charge is 0.337 e. The predicted octanol–water partition coefficient (Wildman–Crippen LogP) is 7.21. The maximum atomic E-state index is 12.1. The van der Waals surface area contributed by atoms with E-state index >= 15 is 0 Å². The minimum atomic E-state index is -0.351. The summed E-state index contributed by atoms with van der Waals surface area (Å²) in [7, 11) is 6.78. The van der Waals surface area contributed by atoms with Gasteiger partial charge in [-0.2, -0.15) is 5.10 Å². The first kappa shape index (κ1) is 35.7. The Labute approximate surface area is 287 Å². The molecule has 0 unspecified atom stereocenters. The second kappa shape index (κ2) is 17.1. The maximum Gasteiger partial charge on any atom is 0.337 e. The standard InChI is InChI=1S/C20H22N4O2.C18H20ClNO2/c1-15-4-6-16(7-5-15)11-23(2)19-9-17(12-24-14-21-13-22-24)8-18(10-19)20(25)26-3;1-13-4-6-14(7-5-13)12-20(2)17-9-15(11-19)8-16(10-17)18(21)22-3/h4-10,13-14H,11-12H2,1-3H3;4-10H,11-12H2,1-3H3. The van der Waals surface area contributed by atoms with Crippen LogP contribution >= 0.6 is 11.6 Å². The number of ether oxygens (including phenoxy) is 2. The molecule has 0 aliphatic carbocycles. The largest absolute Gasteiger partial charge is 0.465 e. The number of alkyl halides is 1. The Hall–Kier alpha value is -5.15. The van der Waals surface area contributed by atoms with Crippen LogP contribution in [0.5, 0.6) is 0 Å². The van der Waals surface area contributed by atoms with Crippen LogP contribution in [0.15, 0.2) is 97.6 Å². The van der Waals surface area contributed by atoms with Gasteiger partial charge in [-0.05, 0) is 72.5 Å². The van der Waals surface area contributed by atoms with Crippen molar-refractivity contribution in [1.82, 2.24) is 14.8 Å². The van der Waals surface area contributed by atoms with Crippen molar-refractivity contribution in [3.63, 3.8) is 0 Å². The number of benzene rings is 4. The SMILES string of the molecule is COC(=O)c1cc(CCl)cc(N(C)Cc2ccc(C)cc2)c1.COC(=O)c1cc(Cn2cncn2)cc(N(C)Cc2ccc(C)cc2)c1. The molecular formula is C38H42ClN5O4. The van der Waals surface area contributed by atoms with Gasteiger partial charge in [0.1, 0.15) is 12.7 Å². The summed E-state index contributed by atoms with van der Waals surface area (Å²) in [5, 5.41) is 4.13. The third kappa shape index (κ3) is 10.2. The molecule has 5 rings (SSSR count). The number of hydrogen-bond donors (Lipinski definition) is 0. The highest BCUT2D eigenvalue weighted by molar-refractivity contribution is 6.17. The first-order chi connectivity index (χ1) is 23.1. The molecule has 0 atom stereocenters. The van der Waals surface area contributed by atoms with Gasteiger partial charge in [0.15, 0.2) is 0 Å². The van der Waals surface area contributed by atoms with Gasteiger partial charge in [-0.25, -0.2) is 19.3 Å². The topological polar surface area (TPSA) is 89.8 Å². The highest BCUT2D eigenvalue weighted by Crippen LogP contribution is 2.23. The number of hydrogen-bond acceptors (Lipinski definition) is 8. The number of rotatable bonds is 11. The van der Waals surface area contributed by atoms with Gasteiger partial charge in [0.05, 0.1) is 31.9 Å². The summed E-state index contributed by atoms with van der Waals surface area (Å²) in [5.41, 5.74) is 9.69. The quantitative estimate of drug-likeness (QED) is 0.108. The Morgan fingerprint density at radius 3 is 1.56 bits per heavy atom. The molecule has 9 nitrogen and oxygen atoms in total. The molecule has 1 aromatic heterocycles. The van der Waals surface area contributed by atoms with Gasteiger partial charge in [0.2, 0.25) is 0 Å². The van der Waals surface area contributed by atoms with Crippen molar-refractivity contribution >= 4 is 34.9 Å². The first-order valence-electron chi connectivity index (χ1n) is 15.4. The van der Waals surface area contributed by atoms with Crippen LogP contribution in [0.4, 0.5) is 11.4 Å². The van der Waals surface area contributed by atoms with E-state index < -0.39 is 0 Å². The molecule has 48 heavy (non-hydrogen) atoms. The number of aryl methyl sites for hydroxylation is 2. The van der Waals surface area contributed by atoms with E-state index in [1.807, 2.05) is 38.4 Å². The van der Waals surface area contributed by atoms with E-state index in [4.69, 9.17) is 21.1 Å². The van der Waals surface area contributed by atoms with Crippen LogP contribution < -0.4 is 9.80 Å². The molecule has 0 saturated heterocycles. The summed E-state index contributed by atoms with van der Waals surface area (Å²) in [4.78, 5) is 32.0. The number of carbonyl (C=O) groups is 2. The number of nitrogens with zero attached hydrogens (tertiary/aromatic N) is 5. The molecule has 0 radical (unpaired) electrons. The fourth-order valence-electron chi connectivity index (χ4n) is 5.05. The molecule has 0 aliphatic heterocycles. The zero-order valence-electron chi connectivity index (χ0n) is 28.3. The van der Waals surface area contributed by atoms with Gasteiger partial charge in [0, 0.05) is 44.4 Å². The average molecular weight is 668 g/mol. The highest BCUT2D eigenvalue weighted by atomic mass is 35.5. The molecular weight excluding hydrogens is 626 g/mol. The summed E-state index contributed by atoms with van der Waals surface area (Å²) in [6.45, 7) is 6.18. The summed E-state index contributed by atoms with van der Waals surface area (Å²) in [6.07, 6.45) is 3.15. The van der Waals surface area contributed by atoms with Gasteiger partial charge >= 0.3 is 11.9 Å². The lowest BCUT2D eigenvalue weighted by molar-refractivity contribution is 0.0592. The van der Waals surface area contributed by atoms with E-state index in [1.165, 1.54) is 42.8 Å². The fourth-order valence-corrected chi connectivity index (χ4v) is 5.20. The van der Waals surface area contributed by atoms with Gasteiger partial charge < -0.3 is 19.3 Å². The fraction of sp³-hybridized carbons (Fsp3) is 0.263. The van der Waals surface area contributed by atoms with Crippen LogP contribution in [0.25, 0.3) is 0 Å². The highest BCUT2D eigenvalue weighted by Gasteiger charge is 2.13. The zero-order chi connectivity index (χ0) is 34.6. The van der Waals surface area contributed by atoms with Gasteiger partial charge in [0.25, 0.3) is 0 Å². The summed E-state index contributed by atoms with van der Waals surface area (Å²) < 4.78 is 11.4. The van der Waals surface area contributed by atoms with Crippen LogP contribution in [-0.4, -0.2) is 55.0 Å². The number of esters is 2. The molecule has 5 aromatic rings.